The van der Waals surface area contributed by atoms with Crippen molar-refractivity contribution in [1.82, 2.24) is 29.6 Å². The lowest BCUT2D eigenvalue weighted by atomic mass is 9.57. The third-order valence-corrected chi connectivity index (χ3v) is 8.10. The lowest BCUT2D eigenvalue weighted by Gasteiger charge is -2.58. The predicted molar refractivity (Wildman–Crippen MR) is 128 cm³/mol. The highest BCUT2D eigenvalue weighted by Crippen LogP contribution is 2.56. The number of fused-ring (bicyclic) bond motifs is 3. The molecule has 11 heteroatoms. The second kappa shape index (κ2) is 7.86. The van der Waals surface area contributed by atoms with Crippen LogP contribution >= 0.6 is 11.6 Å². The van der Waals surface area contributed by atoms with Crippen molar-refractivity contribution < 1.29 is 13.9 Å². The third-order valence-electron chi connectivity index (χ3n) is 7.87. The number of benzene rings is 1. The van der Waals surface area contributed by atoms with Gasteiger partial charge in [0.1, 0.15) is 11.9 Å². The van der Waals surface area contributed by atoms with Crippen LogP contribution in [0.3, 0.4) is 0 Å². The van der Waals surface area contributed by atoms with E-state index < -0.39 is 5.82 Å². The van der Waals surface area contributed by atoms with E-state index in [1.807, 2.05) is 25.1 Å². The second-order valence-corrected chi connectivity index (χ2v) is 11.0. The lowest BCUT2D eigenvalue weighted by molar-refractivity contribution is 0.0574. The van der Waals surface area contributed by atoms with Crippen molar-refractivity contribution in [1.29, 1.82) is 0 Å². The molecule has 186 valence electrons. The van der Waals surface area contributed by atoms with Crippen molar-refractivity contribution >= 4 is 23.6 Å². The van der Waals surface area contributed by atoms with E-state index in [-0.39, 0.29) is 29.6 Å². The van der Waals surface area contributed by atoms with Gasteiger partial charge in [-0.2, -0.15) is 0 Å². The molecule has 36 heavy (non-hydrogen) atoms. The Kier molecular flexibility index (Phi) is 4.80. The van der Waals surface area contributed by atoms with Gasteiger partial charge in [-0.05, 0) is 56.4 Å². The average molecular weight is 510 g/mol. The highest BCUT2D eigenvalue weighted by molar-refractivity contribution is 6.30. The van der Waals surface area contributed by atoms with E-state index in [2.05, 4.69) is 29.6 Å². The zero-order chi connectivity index (χ0) is 24.6. The number of rotatable bonds is 3. The molecular weight excluding hydrogens is 485 g/mol. The maximum atomic E-state index is 13.2. The smallest absolute Gasteiger partial charge is 0.410 e. The maximum Gasteiger partial charge on any atom is 0.410 e. The molecule has 1 aromatic carbocycles. The third kappa shape index (κ3) is 3.53. The first-order chi connectivity index (χ1) is 17.4. The second-order valence-electron chi connectivity index (χ2n) is 10.6. The molecule has 0 bridgehead atoms. The van der Waals surface area contributed by atoms with E-state index in [9.17, 15) is 9.18 Å². The highest BCUT2D eigenvalue weighted by Gasteiger charge is 2.55. The Morgan fingerprint density at radius 3 is 2.58 bits per heavy atom. The summed E-state index contributed by atoms with van der Waals surface area (Å²) in [6, 6.07) is 5.47. The van der Waals surface area contributed by atoms with Crippen LogP contribution < -0.4 is 4.90 Å². The van der Waals surface area contributed by atoms with Crippen LogP contribution in [0, 0.1) is 11.2 Å². The molecule has 2 aromatic heterocycles. The number of aromatic nitrogens is 5. The molecule has 9 nitrogen and oxygen atoms in total. The highest BCUT2D eigenvalue weighted by atomic mass is 35.5. The fourth-order valence-corrected chi connectivity index (χ4v) is 6.06. The molecular formula is C25H25ClFN7O2. The summed E-state index contributed by atoms with van der Waals surface area (Å²) in [7, 11) is 0. The Morgan fingerprint density at radius 2 is 1.86 bits per heavy atom. The molecule has 7 rings (SSSR count). The maximum absolute atomic E-state index is 13.2. The van der Waals surface area contributed by atoms with Crippen molar-refractivity contribution in [3.63, 3.8) is 0 Å². The molecule has 2 aliphatic heterocycles. The van der Waals surface area contributed by atoms with E-state index >= 15 is 0 Å². The monoisotopic (exact) mass is 509 g/mol. The summed E-state index contributed by atoms with van der Waals surface area (Å²) >= 11 is 6.36. The van der Waals surface area contributed by atoms with Crippen LogP contribution in [0.15, 0.2) is 30.6 Å². The van der Waals surface area contributed by atoms with Crippen LogP contribution in [0.25, 0.3) is 5.69 Å². The molecule has 1 atom stereocenters. The number of carbonyl (C=O) groups is 1. The van der Waals surface area contributed by atoms with Crippen LogP contribution in [-0.4, -0.2) is 54.9 Å². The number of anilines is 1. The molecule has 2 aliphatic carbocycles. The van der Waals surface area contributed by atoms with E-state index in [0.29, 0.717) is 17.5 Å². The first kappa shape index (κ1) is 22.0. The van der Waals surface area contributed by atoms with E-state index in [1.54, 1.807) is 4.90 Å². The molecule has 1 spiro atoms. The first-order valence-corrected chi connectivity index (χ1v) is 12.7. The number of amides is 1. The molecule has 1 unspecified atom stereocenters. The van der Waals surface area contributed by atoms with Gasteiger partial charge in [-0.3, -0.25) is 9.47 Å². The fraction of sp³-hybridized carbons (Fsp3) is 0.480. The zero-order valence-corrected chi connectivity index (χ0v) is 20.5. The van der Waals surface area contributed by atoms with Gasteiger partial charge in [-0.1, -0.05) is 11.6 Å². The predicted octanol–water partition coefficient (Wildman–Crippen LogP) is 4.41. The summed E-state index contributed by atoms with van der Waals surface area (Å²) in [6.07, 6.45) is 5.91. The Balaban J connectivity index is 1.15. The number of hydrogen-bond donors (Lipinski definition) is 0. The SMILES string of the molecule is CC1c2nnc(C3CC4(C3)CN(c3ncc(F)cn3)C4)n2-c2ccc(Cl)cc2CN1C(=O)OC1CC1. The molecule has 1 amide bonds. The number of hydrogen-bond acceptors (Lipinski definition) is 7. The molecule has 1 saturated heterocycles. The molecule has 0 N–H and O–H groups in total. The quantitative estimate of drug-likeness (QED) is 0.516. The summed E-state index contributed by atoms with van der Waals surface area (Å²) in [5.74, 6) is 2.04. The number of carbonyl (C=O) groups excluding carboxylic acids is 1. The number of halogens is 2. The molecule has 4 heterocycles. The van der Waals surface area contributed by atoms with Crippen LogP contribution in [0.4, 0.5) is 15.1 Å². The Labute approximate surface area is 212 Å². The largest absolute Gasteiger partial charge is 0.446 e. The first-order valence-electron chi connectivity index (χ1n) is 12.3. The van der Waals surface area contributed by atoms with E-state index in [1.165, 1.54) is 12.4 Å². The Morgan fingerprint density at radius 1 is 1.14 bits per heavy atom. The van der Waals surface area contributed by atoms with Gasteiger partial charge in [0.15, 0.2) is 11.6 Å². The van der Waals surface area contributed by atoms with Crippen molar-refractivity contribution in [3.8, 4) is 5.69 Å². The summed E-state index contributed by atoms with van der Waals surface area (Å²) in [4.78, 5) is 25.0. The zero-order valence-electron chi connectivity index (χ0n) is 19.8. The van der Waals surface area contributed by atoms with Gasteiger partial charge in [0.05, 0.1) is 30.7 Å². The lowest BCUT2D eigenvalue weighted by Crippen LogP contribution is -2.62. The minimum Gasteiger partial charge on any atom is -0.446 e. The van der Waals surface area contributed by atoms with Crippen LogP contribution in [0.5, 0.6) is 0 Å². The molecule has 4 aliphatic rings. The van der Waals surface area contributed by atoms with Gasteiger partial charge in [-0.25, -0.2) is 19.2 Å². The van der Waals surface area contributed by atoms with Gasteiger partial charge in [-0.15, -0.1) is 10.2 Å². The Bertz CT molecular complexity index is 1340. The molecule has 3 fully saturated rings. The number of ether oxygens (including phenoxy) is 1. The van der Waals surface area contributed by atoms with Crippen molar-refractivity contribution in [3.05, 3.63) is 58.6 Å². The topological polar surface area (TPSA) is 89.3 Å². The van der Waals surface area contributed by atoms with Gasteiger partial charge >= 0.3 is 6.09 Å². The van der Waals surface area contributed by atoms with Gasteiger partial charge < -0.3 is 9.64 Å². The molecule has 3 aromatic rings. The Hall–Kier alpha value is -3.27. The van der Waals surface area contributed by atoms with Crippen molar-refractivity contribution in [2.24, 2.45) is 5.41 Å². The fourth-order valence-electron chi connectivity index (χ4n) is 5.87. The van der Waals surface area contributed by atoms with Crippen molar-refractivity contribution in [2.45, 2.75) is 57.2 Å². The van der Waals surface area contributed by atoms with Crippen LogP contribution in [0.1, 0.15) is 61.8 Å². The average Bonchev–Trinajstić information content (AvgIpc) is 3.54. The van der Waals surface area contributed by atoms with Gasteiger partial charge in [0.25, 0.3) is 0 Å². The van der Waals surface area contributed by atoms with E-state index in [0.717, 1.165) is 61.7 Å². The van der Waals surface area contributed by atoms with E-state index in [4.69, 9.17) is 16.3 Å². The minimum absolute atomic E-state index is 0.0220. The minimum atomic E-state index is -0.430. The van der Waals surface area contributed by atoms with Crippen LogP contribution in [-0.2, 0) is 11.3 Å². The standard InChI is InChI=1S/C25H25ClFN7O2/c1-14-21-30-31-22(16-7-25(8-16)12-32(13-25)23-28-9-18(27)10-29-23)34(21)20-5-2-17(26)6-15(20)11-33(14)24(35)36-19-3-4-19/h2,5-6,9-10,14,16,19H,3-4,7-8,11-13H2,1H3. The summed E-state index contributed by atoms with van der Waals surface area (Å²) in [5.41, 5.74) is 2.09. The summed E-state index contributed by atoms with van der Waals surface area (Å²) in [6.45, 7) is 4.06. The van der Waals surface area contributed by atoms with Gasteiger partial charge in [0.2, 0.25) is 5.95 Å². The molecule has 2 saturated carbocycles. The normalized spacial score (nSPS) is 22.4. The summed E-state index contributed by atoms with van der Waals surface area (Å²) < 4.78 is 20.9. The van der Waals surface area contributed by atoms with Crippen molar-refractivity contribution in [2.75, 3.05) is 18.0 Å². The number of nitrogens with zero attached hydrogens (tertiary/aromatic N) is 7. The molecule has 0 radical (unpaired) electrons. The van der Waals surface area contributed by atoms with Gasteiger partial charge in [0, 0.05) is 29.4 Å². The summed E-state index contributed by atoms with van der Waals surface area (Å²) in [5, 5.41) is 9.83. The van der Waals surface area contributed by atoms with Crippen LogP contribution in [0.2, 0.25) is 5.02 Å².